The summed E-state index contributed by atoms with van der Waals surface area (Å²) >= 11 is 6.18. The Bertz CT molecular complexity index is 1630. The third-order valence-corrected chi connectivity index (χ3v) is 6.91. The number of hydrazone groups is 1. The van der Waals surface area contributed by atoms with Crippen LogP contribution in [0.5, 0.6) is 5.75 Å². The molecule has 5 nitrogen and oxygen atoms in total. The average molecular weight is 505 g/mol. The first-order chi connectivity index (χ1) is 18.1. The maximum absolute atomic E-state index is 6.18. The summed E-state index contributed by atoms with van der Waals surface area (Å²) in [5.74, 6) is 1.36. The number of benzene rings is 4. The van der Waals surface area contributed by atoms with E-state index in [1.54, 1.807) is 7.11 Å². The van der Waals surface area contributed by atoms with E-state index in [0.29, 0.717) is 11.0 Å². The summed E-state index contributed by atoms with van der Waals surface area (Å²) in [6, 6.07) is 32.3. The number of aryl methyl sites for hydroxylation is 1. The van der Waals surface area contributed by atoms with Gasteiger partial charge in [-0.05, 0) is 48.4 Å². The van der Waals surface area contributed by atoms with Crippen LogP contribution in [0.25, 0.3) is 22.2 Å². The zero-order chi connectivity index (χ0) is 25.4. The lowest BCUT2D eigenvalue weighted by Crippen LogP contribution is -2.21. The van der Waals surface area contributed by atoms with Gasteiger partial charge in [-0.2, -0.15) is 5.10 Å². The van der Waals surface area contributed by atoms with E-state index in [-0.39, 0.29) is 6.04 Å². The number of rotatable bonds is 5. The molecule has 1 aromatic heterocycles. The molecular weight excluding hydrogens is 480 g/mol. The second-order valence-electron chi connectivity index (χ2n) is 9.15. The number of para-hydroxylation sites is 1. The van der Waals surface area contributed by atoms with Gasteiger partial charge in [0.2, 0.25) is 5.95 Å². The molecule has 182 valence electrons. The molecule has 4 aromatic carbocycles. The topological polar surface area (TPSA) is 50.6 Å². The number of anilines is 1. The van der Waals surface area contributed by atoms with Gasteiger partial charge >= 0.3 is 0 Å². The lowest BCUT2D eigenvalue weighted by Gasteiger charge is -2.23. The predicted octanol–water partition coefficient (Wildman–Crippen LogP) is 7.62. The smallest absolute Gasteiger partial charge is 0.247 e. The minimum absolute atomic E-state index is 0.0788. The fraction of sp³-hybridized carbons (Fsp3) is 0.129. The van der Waals surface area contributed by atoms with Crippen molar-refractivity contribution >= 4 is 34.2 Å². The van der Waals surface area contributed by atoms with Gasteiger partial charge in [0, 0.05) is 22.4 Å². The largest absolute Gasteiger partial charge is 0.497 e. The van der Waals surface area contributed by atoms with Gasteiger partial charge in [0.25, 0.3) is 0 Å². The molecule has 6 rings (SSSR count). The molecule has 0 N–H and O–H groups in total. The number of hydrogen-bond acceptors (Lipinski definition) is 5. The Balaban J connectivity index is 1.53. The van der Waals surface area contributed by atoms with Crippen LogP contribution in [0.15, 0.2) is 102 Å². The van der Waals surface area contributed by atoms with Crippen molar-refractivity contribution in [2.45, 2.75) is 19.4 Å². The van der Waals surface area contributed by atoms with Crippen LogP contribution in [-0.4, -0.2) is 22.8 Å². The molecule has 0 fully saturated rings. The van der Waals surface area contributed by atoms with Gasteiger partial charge in [-0.25, -0.2) is 15.0 Å². The maximum atomic E-state index is 6.18. The van der Waals surface area contributed by atoms with Crippen molar-refractivity contribution in [3.63, 3.8) is 0 Å². The average Bonchev–Trinajstić information content (AvgIpc) is 3.39. The van der Waals surface area contributed by atoms with Gasteiger partial charge in [0.05, 0.1) is 30.1 Å². The van der Waals surface area contributed by atoms with Crippen LogP contribution in [0.2, 0.25) is 5.02 Å². The summed E-state index contributed by atoms with van der Waals surface area (Å²) in [5, 5.41) is 8.73. The van der Waals surface area contributed by atoms with E-state index in [4.69, 9.17) is 31.4 Å². The fourth-order valence-corrected chi connectivity index (χ4v) is 4.92. The van der Waals surface area contributed by atoms with Crippen molar-refractivity contribution in [1.29, 1.82) is 0 Å². The molecule has 0 radical (unpaired) electrons. The van der Waals surface area contributed by atoms with Crippen molar-refractivity contribution in [3.8, 4) is 17.0 Å². The zero-order valence-electron chi connectivity index (χ0n) is 20.6. The van der Waals surface area contributed by atoms with Crippen LogP contribution in [-0.2, 0) is 0 Å². The third-order valence-electron chi connectivity index (χ3n) is 6.65. The highest BCUT2D eigenvalue weighted by atomic mass is 35.5. The van der Waals surface area contributed by atoms with Crippen molar-refractivity contribution in [2.75, 3.05) is 12.1 Å². The predicted molar refractivity (Wildman–Crippen MR) is 151 cm³/mol. The standard InChI is InChI=1S/C31H25ClN4O/c1-20-7-5-8-22(17-20)28-19-29(23-9-6-10-25(18-23)37-2)36(35-28)31-33-27-12-4-3-11-26(27)30(34-31)21-13-15-24(32)16-14-21/h3-18,29H,19H2,1-2H3/t29-/m0/s1. The van der Waals surface area contributed by atoms with Crippen LogP contribution in [0.3, 0.4) is 0 Å². The second-order valence-corrected chi connectivity index (χ2v) is 9.59. The second kappa shape index (κ2) is 9.68. The van der Waals surface area contributed by atoms with E-state index in [0.717, 1.165) is 51.2 Å². The molecule has 0 spiro atoms. The fourth-order valence-electron chi connectivity index (χ4n) is 4.80. The Labute approximate surface area is 221 Å². The number of nitrogens with zero attached hydrogens (tertiary/aromatic N) is 4. The van der Waals surface area contributed by atoms with E-state index in [1.807, 2.05) is 65.7 Å². The SMILES string of the molecule is COc1cccc([C@@H]2CC(c3cccc(C)c3)=NN2c2nc(-c3ccc(Cl)cc3)c3ccccc3n2)c1. The van der Waals surface area contributed by atoms with Gasteiger partial charge in [-0.3, -0.25) is 0 Å². The molecule has 37 heavy (non-hydrogen) atoms. The van der Waals surface area contributed by atoms with Gasteiger partial charge in [-0.15, -0.1) is 0 Å². The van der Waals surface area contributed by atoms with Crippen LogP contribution >= 0.6 is 11.6 Å². The van der Waals surface area contributed by atoms with Gasteiger partial charge < -0.3 is 4.74 Å². The quantitative estimate of drug-likeness (QED) is 0.247. The van der Waals surface area contributed by atoms with Crippen LogP contribution < -0.4 is 9.75 Å². The molecule has 0 amide bonds. The van der Waals surface area contributed by atoms with Crippen molar-refractivity contribution in [2.24, 2.45) is 5.10 Å². The number of methoxy groups -OCH3 is 1. The van der Waals surface area contributed by atoms with Crippen LogP contribution in [0.4, 0.5) is 5.95 Å². The van der Waals surface area contributed by atoms with Crippen LogP contribution in [0, 0.1) is 6.92 Å². The first-order valence-corrected chi connectivity index (χ1v) is 12.6. The molecule has 1 aliphatic rings. The zero-order valence-corrected chi connectivity index (χ0v) is 21.4. The summed E-state index contributed by atoms with van der Waals surface area (Å²) < 4.78 is 5.53. The van der Waals surface area contributed by atoms with Crippen LogP contribution in [0.1, 0.15) is 29.2 Å². The van der Waals surface area contributed by atoms with E-state index in [1.165, 1.54) is 5.56 Å². The lowest BCUT2D eigenvalue weighted by atomic mass is 9.97. The van der Waals surface area contributed by atoms with Gasteiger partial charge in [0.15, 0.2) is 0 Å². The molecule has 0 saturated heterocycles. The normalized spacial score (nSPS) is 15.2. The summed E-state index contributed by atoms with van der Waals surface area (Å²) in [6.45, 7) is 2.10. The Morgan fingerprint density at radius 2 is 1.65 bits per heavy atom. The minimum atomic E-state index is -0.0788. The molecule has 0 bridgehead atoms. The van der Waals surface area contributed by atoms with Crippen molar-refractivity contribution in [3.05, 3.63) is 119 Å². The number of aromatic nitrogens is 2. The van der Waals surface area contributed by atoms with E-state index >= 15 is 0 Å². The molecule has 2 heterocycles. The molecule has 6 heteroatoms. The Morgan fingerprint density at radius 3 is 2.46 bits per heavy atom. The molecule has 1 atom stereocenters. The highest BCUT2D eigenvalue weighted by Crippen LogP contribution is 2.38. The van der Waals surface area contributed by atoms with Gasteiger partial charge in [-0.1, -0.05) is 83.9 Å². The van der Waals surface area contributed by atoms with Gasteiger partial charge in [0.1, 0.15) is 5.75 Å². The summed E-state index contributed by atoms with van der Waals surface area (Å²) in [6.07, 6.45) is 0.725. The Hall–Kier alpha value is -4.22. The summed E-state index contributed by atoms with van der Waals surface area (Å²) in [7, 11) is 1.69. The van der Waals surface area contributed by atoms with E-state index in [2.05, 4.69) is 43.3 Å². The molecule has 0 unspecified atom stereocenters. The molecule has 0 saturated carbocycles. The summed E-state index contributed by atoms with van der Waals surface area (Å²) in [5.41, 5.74) is 7.08. The minimum Gasteiger partial charge on any atom is -0.497 e. The molecule has 5 aromatic rings. The lowest BCUT2D eigenvalue weighted by molar-refractivity contribution is 0.414. The first kappa shape index (κ1) is 23.2. The number of hydrogen-bond donors (Lipinski definition) is 0. The van der Waals surface area contributed by atoms with Crippen molar-refractivity contribution < 1.29 is 4.74 Å². The van der Waals surface area contributed by atoms with Crippen molar-refractivity contribution in [1.82, 2.24) is 9.97 Å². The molecule has 0 aliphatic carbocycles. The first-order valence-electron chi connectivity index (χ1n) is 12.2. The number of ether oxygens (including phenoxy) is 1. The number of fused-ring (bicyclic) bond motifs is 1. The highest BCUT2D eigenvalue weighted by Gasteiger charge is 2.32. The Kier molecular flexibility index (Phi) is 6.07. The molecular formula is C31H25ClN4O. The third kappa shape index (κ3) is 4.54. The maximum Gasteiger partial charge on any atom is 0.247 e. The van der Waals surface area contributed by atoms with E-state index in [9.17, 15) is 0 Å². The Morgan fingerprint density at radius 1 is 0.838 bits per heavy atom. The molecule has 1 aliphatic heterocycles. The highest BCUT2D eigenvalue weighted by molar-refractivity contribution is 6.30. The van der Waals surface area contributed by atoms with E-state index < -0.39 is 0 Å². The monoisotopic (exact) mass is 504 g/mol. The number of halogens is 1. The summed E-state index contributed by atoms with van der Waals surface area (Å²) in [4.78, 5) is 10.1.